The predicted octanol–water partition coefficient (Wildman–Crippen LogP) is 9.74. The molecule has 1 aliphatic carbocycles. The molecular weight excluding hydrogens is 553 g/mol. The zero-order valence-corrected chi connectivity index (χ0v) is 26.1. The van der Waals surface area contributed by atoms with Crippen molar-refractivity contribution < 1.29 is 4.39 Å². The number of fused-ring (bicyclic) bond motifs is 1. The van der Waals surface area contributed by atoms with E-state index in [4.69, 9.17) is 4.98 Å². The van der Waals surface area contributed by atoms with Crippen LogP contribution in [-0.4, -0.2) is 15.6 Å². The maximum atomic E-state index is 15.4. The Bertz CT molecular complexity index is 1790. The Morgan fingerprint density at radius 2 is 1.27 bits per heavy atom. The topological polar surface area (TPSA) is 29.9 Å². The molecule has 0 saturated heterocycles. The van der Waals surface area contributed by atoms with Crippen molar-refractivity contribution in [3.63, 3.8) is 0 Å². The van der Waals surface area contributed by atoms with Crippen LogP contribution in [0.4, 0.5) is 4.39 Å². The highest BCUT2D eigenvalue weighted by molar-refractivity contribution is 5.83. The Morgan fingerprint density at radius 1 is 0.733 bits per heavy atom. The molecule has 1 N–H and O–H groups in total. The Hall–Kier alpha value is -4.54. The lowest BCUT2D eigenvalue weighted by atomic mass is 9.75. The van der Waals surface area contributed by atoms with Crippen LogP contribution in [0, 0.1) is 11.2 Å². The molecule has 1 aromatic heterocycles. The molecule has 6 aromatic rings. The van der Waals surface area contributed by atoms with E-state index in [0.29, 0.717) is 23.6 Å². The van der Waals surface area contributed by atoms with Gasteiger partial charge in [-0.3, -0.25) is 0 Å². The molecule has 1 heterocycles. The van der Waals surface area contributed by atoms with E-state index in [2.05, 4.69) is 133 Å². The Kier molecular flexibility index (Phi) is 7.85. The smallest absolute Gasteiger partial charge is 0.128 e. The average molecular weight is 594 g/mol. The van der Waals surface area contributed by atoms with Crippen LogP contribution < -0.4 is 5.32 Å². The highest BCUT2D eigenvalue weighted by Gasteiger charge is 2.39. The summed E-state index contributed by atoms with van der Waals surface area (Å²) in [5, 5.41) is 3.60. The van der Waals surface area contributed by atoms with Gasteiger partial charge in [0.05, 0.1) is 17.4 Å². The van der Waals surface area contributed by atoms with Crippen LogP contribution in [-0.2, 0) is 12.1 Å². The summed E-state index contributed by atoms with van der Waals surface area (Å²) < 4.78 is 17.7. The normalized spacial score (nSPS) is 15.4. The molecule has 226 valence electrons. The Labute approximate surface area is 265 Å². The van der Waals surface area contributed by atoms with E-state index in [1.54, 1.807) is 6.07 Å². The summed E-state index contributed by atoms with van der Waals surface area (Å²) >= 11 is 0. The van der Waals surface area contributed by atoms with Gasteiger partial charge in [-0.1, -0.05) is 123 Å². The maximum Gasteiger partial charge on any atom is 0.128 e. The number of hydrogen-bond donors (Lipinski definition) is 1. The fourth-order valence-electron chi connectivity index (χ4n) is 7.14. The minimum Gasteiger partial charge on any atom is -0.312 e. The monoisotopic (exact) mass is 593 g/mol. The van der Waals surface area contributed by atoms with Gasteiger partial charge in [0, 0.05) is 18.2 Å². The third-order valence-corrected chi connectivity index (χ3v) is 9.79. The van der Waals surface area contributed by atoms with E-state index >= 15 is 4.39 Å². The standard InChI is InChI=1S/C41H40FN3/c1-40(2)24-22-36(23-25-40)43-28-32-19-18-30(26-37(32)42)31-20-21-39-38(27-31)44-29-45(39)41(33-12-6-3-7-13-33,34-14-8-4-9-15-34)35-16-10-5-11-17-35/h3-21,26-27,29,36,43H,22-25,28H2,1-2H3. The molecular formula is C41H40FN3. The van der Waals surface area contributed by atoms with E-state index < -0.39 is 5.54 Å². The third kappa shape index (κ3) is 5.60. The number of nitrogens with one attached hydrogen (secondary N) is 1. The first kappa shape index (κ1) is 29.2. The molecule has 1 saturated carbocycles. The summed E-state index contributed by atoms with van der Waals surface area (Å²) in [6.07, 6.45) is 6.68. The van der Waals surface area contributed by atoms with E-state index in [9.17, 15) is 0 Å². The largest absolute Gasteiger partial charge is 0.312 e. The van der Waals surface area contributed by atoms with Gasteiger partial charge in [0.2, 0.25) is 0 Å². The van der Waals surface area contributed by atoms with Gasteiger partial charge in [0.25, 0.3) is 0 Å². The molecule has 0 amide bonds. The predicted molar refractivity (Wildman–Crippen MR) is 183 cm³/mol. The van der Waals surface area contributed by atoms with Crippen molar-refractivity contribution in [1.82, 2.24) is 14.9 Å². The highest BCUT2D eigenvalue weighted by atomic mass is 19.1. The summed E-state index contributed by atoms with van der Waals surface area (Å²) in [5.41, 5.74) is 7.61. The number of aromatic nitrogens is 2. The fraction of sp³-hybridized carbons (Fsp3) is 0.244. The molecule has 0 spiro atoms. The summed E-state index contributed by atoms with van der Waals surface area (Å²) in [6, 6.07) is 44.2. The van der Waals surface area contributed by atoms with Crippen LogP contribution in [0.25, 0.3) is 22.2 Å². The second-order valence-corrected chi connectivity index (χ2v) is 13.3. The molecule has 1 fully saturated rings. The maximum absolute atomic E-state index is 15.4. The number of halogens is 1. The SMILES string of the molecule is CC1(C)CCC(NCc2ccc(-c3ccc4c(c3)ncn4C(c3ccccc3)(c3ccccc3)c3ccccc3)cc2F)CC1. The van der Waals surface area contributed by atoms with Gasteiger partial charge >= 0.3 is 0 Å². The van der Waals surface area contributed by atoms with Crippen molar-refractivity contribution in [3.8, 4) is 11.1 Å². The van der Waals surface area contributed by atoms with E-state index in [0.717, 1.165) is 51.7 Å². The number of benzene rings is 5. The molecule has 3 nitrogen and oxygen atoms in total. The summed E-state index contributed by atoms with van der Waals surface area (Å²) in [4.78, 5) is 4.94. The number of rotatable bonds is 8. The second-order valence-electron chi connectivity index (χ2n) is 13.3. The minimum atomic E-state index is -0.644. The molecule has 0 atom stereocenters. The zero-order chi connectivity index (χ0) is 30.9. The number of hydrogen-bond acceptors (Lipinski definition) is 2. The second kappa shape index (κ2) is 12.1. The van der Waals surface area contributed by atoms with Crippen molar-refractivity contribution in [3.05, 3.63) is 162 Å². The van der Waals surface area contributed by atoms with Gasteiger partial charge in [0.1, 0.15) is 11.4 Å². The van der Waals surface area contributed by atoms with E-state index in [-0.39, 0.29) is 5.82 Å². The minimum absolute atomic E-state index is 0.169. The first-order chi connectivity index (χ1) is 21.9. The van der Waals surface area contributed by atoms with Gasteiger partial charge in [-0.25, -0.2) is 9.37 Å². The quantitative estimate of drug-likeness (QED) is 0.178. The molecule has 0 aliphatic heterocycles. The first-order valence-corrected chi connectivity index (χ1v) is 16.1. The van der Waals surface area contributed by atoms with Crippen LogP contribution in [0.3, 0.4) is 0 Å². The average Bonchev–Trinajstić information content (AvgIpc) is 3.50. The van der Waals surface area contributed by atoms with Gasteiger partial charge in [-0.2, -0.15) is 0 Å². The van der Waals surface area contributed by atoms with Gasteiger partial charge in [-0.15, -0.1) is 0 Å². The van der Waals surface area contributed by atoms with Crippen molar-refractivity contribution in [2.24, 2.45) is 5.41 Å². The summed E-state index contributed by atoms with van der Waals surface area (Å²) in [6.45, 7) is 5.24. The van der Waals surface area contributed by atoms with Gasteiger partial charge in [0.15, 0.2) is 0 Å². The molecule has 45 heavy (non-hydrogen) atoms. The molecule has 1 aliphatic rings. The Balaban J connectivity index is 1.25. The van der Waals surface area contributed by atoms with Gasteiger partial charge in [-0.05, 0) is 77.1 Å². The van der Waals surface area contributed by atoms with E-state index in [1.165, 1.54) is 12.8 Å². The lowest BCUT2D eigenvalue weighted by Crippen LogP contribution is -2.37. The zero-order valence-electron chi connectivity index (χ0n) is 26.1. The van der Waals surface area contributed by atoms with Crippen LogP contribution in [0.1, 0.15) is 61.8 Å². The lowest BCUT2D eigenvalue weighted by molar-refractivity contribution is 0.205. The van der Waals surface area contributed by atoms with Crippen LogP contribution in [0.15, 0.2) is 134 Å². The highest BCUT2D eigenvalue weighted by Crippen LogP contribution is 2.43. The number of nitrogens with zero attached hydrogens (tertiary/aromatic N) is 2. The van der Waals surface area contributed by atoms with Gasteiger partial charge < -0.3 is 9.88 Å². The fourth-order valence-corrected chi connectivity index (χ4v) is 7.14. The Morgan fingerprint density at radius 3 is 1.82 bits per heavy atom. The lowest BCUT2D eigenvalue weighted by Gasteiger charge is -2.38. The molecule has 0 unspecified atom stereocenters. The van der Waals surface area contributed by atoms with Crippen molar-refractivity contribution in [2.45, 2.75) is 57.7 Å². The molecule has 4 heteroatoms. The molecule has 5 aromatic carbocycles. The third-order valence-electron chi connectivity index (χ3n) is 9.79. The number of imidazole rings is 1. The van der Waals surface area contributed by atoms with Crippen LogP contribution in [0.5, 0.6) is 0 Å². The molecule has 0 bridgehead atoms. The molecule has 7 rings (SSSR count). The van der Waals surface area contributed by atoms with Crippen LogP contribution in [0.2, 0.25) is 0 Å². The van der Waals surface area contributed by atoms with E-state index in [1.807, 2.05) is 18.5 Å². The summed E-state index contributed by atoms with van der Waals surface area (Å²) in [5.74, 6) is -0.169. The van der Waals surface area contributed by atoms with Crippen molar-refractivity contribution in [2.75, 3.05) is 0 Å². The van der Waals surface area contributed by atoms with Crippen LogP contribution >= 0.6 is 0 Å². The van der Waals surface area contributed by atoms with Crippen molar-refractivity contribution >= 4 is 11.0 Å². The van der Waals surface area contributed by atoms with Crippen molar-refractivity contribution in [1.29, 1.82) is 0 Å². The molecule has 0 radical (unpaired) electrons. The first-order valence-electron chi connectivity index (χ1n) is 16.1. The summed E-state index contributed by atoms with van der Waals surface area (Å²) in [7, 11) is 0.